The number of carbonyl (C=O) groups excluding carboxylic acids is 2. The Morgan fingerprint density at radius 2 is 1.85 bits per heavy atom. The van der Waals surface area contributed by atoms with Gasteiger partial charge in [-0.15, -0.1) is 0 Å². The second kappa shape index (κ2) is 7.65. The van der Waals surface area contributed by atoms with Gasteiger partial charge in [0.1, 0.15) is 11.5 Å². The van der Waals surface area contributed by atoms with Crippen molar-refractivity contribution in [3.63, 3.8) is 0 Å². The van der Waals surface area contributed by atoms with Crippen LogP contribution in [0.1, 0.15) is 33.0 Å². The molecule has 2 aromatic rings. The zero-order valence-corrected chi connectivity index (χ0v) is 14.5. The van der Waals surface area contributed by atoms with Gasteiger partial charge >= 0.3 is 6.18 Å². The van der Waals surface area contributed by atoms with E-state index in [1.807, 2.05) is 0 Å². The Balaban J connectivity index is 1.99. The minimum Gasteiger partial charge on any atom is -0.466 e. The van der Waals surface area contributed by atoms with E-state index < -0.39 is 28.6 Å². The van der Waals surface area contributed by atoms with Crippen molar-refractivity contribution in [3.8, 4) is 0 Å². The quantitative estimate of drug-likeness (QED) is 0.617. The summed E-state index contributed by atoms with van der Waals surface area (Å²) in [5.41, 5.74) is 3.70. The van der Waals surface area contributed by atoms with Crippen molar-refractivity contribution in [3.05, 3.63) is 63.6 Å². The molecule has 0 bridgehead atoms. The zero-order chi connectivity index (χ0) is 19.5. The summed E-state index contributed by atoms with van der Waals surface area (Å²) >= 11 is 5.52. The third-order valence-corrected chi connectivity index (χ3v) is 3.64. The molecule has 5 nitrogen and oxygen atoms in total. The van der Waals surface area contributed by atoms with E-state index >= 15 is 0 Å². The highest BCUT2D eigenvalue weighted by Gasteiger charge is 2.33. The van der Waals surface area contributed by atoms with Gasteiger partial charge in [-0.1, -0.05) is 17.7 Å². The molecule has 138 valence electrons. The first-order valence-electron chi connectivity index (χ1n) is 7.30. The maximum Gasteiger partial charge on any atom is 0.417 e. The lowest BCUT2D eigenvalue weighted by molar-refractivity contribution is -0.137. The molecule has 2 N–H and O–H groups in total. The molecule has 0 aliphatic rings. The number of hydrogen-bond donors (Lipinski definition) is 2. The lowest BCUT2D eigenvalue weighted by Crippen LogP contribution is -2.40. The van der Waals surface area contributed by atoms with Gasteiger partial charge in [0, 0.05) is 6.08 Å². The summed E-state index contributed by atoms with van der Waals surface area (Å²) in [4.78, 5) is 23.6. The average molecular weight is 387 g/mol. The SMILES string of the molecule is Cc1cc(C(=O)NNC(=O)/C=C/c2ccc(Cl)c(C(F)(F)F)c2)c(C)o1. The van der Waals surface area contributed by atoms with Gasteiger partial charge in [0.25, 0.3) is 11.8 Å². The molecule has 9 heteroatoms. The van der Waals surface area contributed by atoms with Crippen LogP contribution >= 0.6 is 11.6 Å². The fourth-order valence-corrected chi connectivity index (χ4v) is 2.34. The largest absolute Gasteiger partial charge is 0.466 e. The number of aryl methyl sites for hydroxylation is 2. The van der Waals surface area contributed by atoms with Crippen molar-refractivity contribution in [2.24, 2.45) is 0 Å². The van der Waals surface area contributed by atoms with E-state index in [1.165, 1.54) is 18.2 Å². The Morgan fingerprint density at radius 3 is 2.42 bits per heavy atom. The van der Waals surface area contributed by atoms with Crippen LogP contribution in [0.15, 0.2) is 34.8 Å². The topological polar surface area (TPSA) is 71.3 Å². The number of hydrazine groups is 1. The number of hydrogen-bond acceptors (Lipinski definition) is 3. The third-order valence-electron chi connectivity index (χ3n) is 3.31. The van der Waals surface area contributed by atoms with Gasteiger partial charge in [-0.05, 0) is 43.7 Å². The average Bonchev–Trinajstić information content (AvgIpc) is 2.89. The van der Waals surface area contributed by atoms with Gasteiger partial charge in [0.05, 0.1) is 16.1 Å². The smallest absolute Gasteiger partial charge is 0.417 e. The molecule has 0 unspecified atom stereocenters. The standard InChI is InChI=1S/C17H14ClF3N2O3/c1-9-7-12(10(2)26-9)16(25)23-22-15(24)6-4-11-3-5-14(18)13(8-11)17(19,20)21/h3-8H,1-2H3,(H,22,24)(H,23,25)/b6-4+. The molecule has 0 aliphatic carbocycles. The highest BCUT2D eigenvalue weighted by molar-refractivity contribution is 6.31. The van der Waals surface area contributed by atoms with E-state index in [-0.39, 0.29) is 11.1 Å². The molecular weight excluding hydrogens is 373 g/mol. The fraction of sp³-hybridized carbons (Fsp3) is 0.176. The monoisotopic (exact) mass is 386 g/mol. The van der Waals surface area contributed by atoms with E-state index in [1.54, 1.807) is 13.8 Å². The molecule has 2 rings (SSSR count). The molecule has 0 aliphatic heterocycles. The Bertz CT molecular complexity index is 873. The molecule has 0 spiro atoms. The normalized spacial score (nSPS) is 11.6. The Kier molecular flexibility index (Phi) is 5.76. The lowest BCUT2D eigenvalue weighted by atomic mass is 10.1. The van der Waals surface area contributed by atoms with E-state index in [0.717, 1.165) is 18.2 Å². The first-order chi connectivity index (χ1) is 12.1. The summed E-state index contributed by atoms with van der Waals surface area (Å²) in [6.45, 7) is 3.27. The van der Waals surface area contributed by atoms with E-state index in [2.05, 4.69) is 10.9 Å². The van der Waals surface area contributed by atoms with Gasteiger partial charge in [-0.25, -0.2) is 0 Å². The number of halogens is 4. The summed E-state index contributed by atoms with van der Waals surface area (Å²) in [5, 5.41) is -0.433. The number of carbonyl (C=O) groups is 2. The van der Waals surface area contributed by atoms with E-state index in [4.69, 9.17) is 16.0 Å². The van der Waals surface area contributed by atoms with Crippen molar-refractivity contribution < 1.29 is 27.2 Å². The van der Waals surface area contributed by atoms with Crippen LogP contribution in [0.2, 0.25) is 5.02 Å². The van der Waals surface area contributed by atoms with Crippen LogP contribution in [0.4, 0.5) is 13.2 Å². The second-order valence-corrected chi connectivity index (χ2v) is 5.75. The number of nitrogens with one attached hydrogen (secondary N) is 2. The minimum atomic E-state index is -4.60. The first kappa shape index (κ1) is 19.6. The van der Waals surface area contributed by atoms with E-state index in [0.29, 0.717) is 11.5 Å². The van der Waals surface area contributed by atoms with Crippen molar-refractivity contribution in [1.82, 2.24) is 10.9 Å². The fourth-order valence-electron chi connectivity index (χ4n) is 2.12. The van der Waals surface area contributed by atoms with Gasteiger partial charge < -0.3 is 4.42 Å². The summed E-state index contributed by atoms with van der Waals surface area (Å²) in [7, 11) is 0. The molecule has 0 saturated carbocycles. The van der Waals surface area contributed by atoms with Crippen molar-refractivity contribution in [2.45, 2.75) is 20.0 Å². The number of rotatable bonds is 3. The molecule has 1 aromatic carbocycles. The Morgan fingerprint density at radius 1 is 1.15 bits per heavy atom. The van der Waals surface area contributed by atoms with Crippen LogP contribution in [0.25, 0.3) is 6.08 Å². The van der Waals surface area contributed by atoms with Crippen molar-refractivity contribution in [1.29, 1.82) is 0 Å². The first-order valence-corrected chi connectivity index (χ1v) is 7.68. The van der Waals surface area contributed by atoms with Crippen LogP contribution in [0.5, 0.6) is 0 Å². The van der Waals surface area contributed by atoms with E-state index in [9.17, 15) is 22.8 Å². The molecule has 0 saturated heterocycles. The maximum absolute atomic E-state index is 12.8. The van der Waals surface area contributed by atoms with Gasteiger partial charge in [0.15, 0.2) is 0 Å². The van der Waals surface area contributed by atoms with Gasteiger partial charge in [-0.3, -0.25) is 20.4 Å². The third kappa shape index (κ3) is 4.89. The van der Waals surface area contributed by atoms with Crippen LogP contribution in [0, 0.1) is 13.8 Å². The van der Waals surface area contributed by atoms with Crippen LogP contribution < -0.4 is 10.9 Å². The van der Waals surface area contributed by atoms with Gasteiger partial charge in [0.2, 0.25) is 0 Å². The molecule has 2 amide bonds. The number of alkyl halides is 3. The molecular formula is C17H14ClF3N2O3. The Labute approximate surface area is 151 Å². The molecule has 0 atom stereocenters. The number of furan rings is 1. The molecule has 26 heavy (non-hydrogen) atoms. The summed E-state index contributed by atoms with van der Waals surface area (Å²) in [6, 6.07) is 4.76. The van der Waals surface area contributed by atoms with Crippen molar-refractivity contribution in [2.75, 3.05) is 0 Å². The summed E-state index contributed by atoms with van der Waals surface area (Å²) in [5.74, 6) is -0.362. The van der Waals surface area contributed by atoms with Gasteiger partial charge in [-0.2, -0.15) is 13.2 Å². The minimum absolute atomic E-state index is 0.129. The van der Waals surface area contributed by atoms with Crippen LogP contribution in [-0.2, 0) is 11.0 Å². The molecule has 1 aromatic heterocycles. The zero-order valence-electron chi connectivity index (χ0n) is 13.7. The van der Waals surface area contributed by atoms with Crippen molar-refractivity contribution >= 4 is 29.5 Å². The summed E-state index contributed by atoms with van der Waals surface area (Å²) < 4.78 is 43.6. The highest BCUT2D eigenvalue weighted by atomic mass is 35.5. The van der Waals surface area contributed by atoms with Crippen LogP contribution in [0.3, 0.4) is 0 Å². The Hall–Kier alpha value is -2.74. The number of benzene rings is 1. The second-order valence-electron chi connectivity index (χ2n) is 5.34. The predicted molar refractivity (Wildman–Crippen MR) is 89.3 cm³/mol. The molecule has 0 radical (unpaired) electrons. The number of amides is 2. The lowest BCUT2D eigenvalue weighted by Gasteiger charge is -2.09. The predicted octanol–water partition coefficient (Wildman–Crippen LogP) is 4.04. The highest BCUT2D eigenvalue weighted by Crippen LogP contribution is 2.35. The molecule has 0 fully saturated rings. The maximum atomic E-state index is 12.8. The molecule has 1 heterocycles. The summed E-state index contributed by atoms with van der Waals surface area (Å²) in [6.07, 6.45) is -2.45. The van der Waals surface area contributed by atoms with Crippen LogP contribution in [-0.4, -0.2) is 11.8 Å².